The third-order valence-electron chi connectivity index (χ3n) is 3.05. The van der Waals surface area contributed by atoms with Crippen molar-refractivity contribution in [3.05, 3.63) is 29.6 Å². The molecule has 0 radical (unpaired) electrons. The smallest absolute Gasteiger partial charge is 0.165 e. The van der Waals surface area contributed by atoms with Crippen LogP contribution in [-0.2, 0) is 4.74 Å². The first kappa shape index (κ1) is 14.2. The topological polar surface area (TPSA) is 18.5 Å². The van der Waals surface area contributed by atoms with Crippen LogP contribution in [0.3, 0.4) is 0 Å². The van der Waals surface area contributed by atoms with Gasteiger partial charge in [-0.3, -0.25) is 0 Å². The van der Waals surface area contributed by atoms with Crippen LogP contribution in [0, 0.1) is 23.6 Å². The highest BCUT2D eigenvalue weighted by Gasteiger charge is 2.15. The minimum Gasteiger partial charge on any atom is -0.490 e. The summed E-state index contributed by atoms with van der Waals surface area (Å²) >= 11 is 5.49. The molecular weight excluding hydrogens is 267 g/mol. The first-order valence-corrected chi connectivity index (χ1v) is 6.88. The van der Waals surface area contributed by atoms with Gasteiger partial charge in [-0.15, -0.1) is 11.6 Å². The van der Waals surface area contributed by atoms with Crippen LogP contribution in [0.15, 0.2) is 18.2 Å². The molecule has 4 heteroatoms. The molecule has 2 nitrogen and oxygen atoms in total. The van der Waals surface area contributed by atoms with E-state index in [1.54, 1.807) is 12.1 Å². The van der Waals surface area contributed by atoms with Gasteiger partial charge in [0.1, 0.15) is 0 Å². The second kappa shape index (κ2) is 7.37. The molecule has 0 unspecified atom stereocenters. The van der Waals surface area contributed by atoms with Gasteiger partial charge in [0, 0.05) is 18.8 Å². The average Bonchev–Trinajstić information content (AvgIpc) is 2.46. The summed E-state index contributed by atoms with van der Waals surface area (Å²) < 4.78 is 24.5. The number of hydrogen-bond donors (Lipinski definition) is 0. The average molecular weight is 283 g/mol. The Labute approximate surface area is 117 Å². The van der Waals surface area contributed by atoms with Crippen molar-refractivity contribution in [3.8, 4) is 17.6 Å². The van der Waals surface area contributed by atoms with Crippen LogP contribution in [-0.4, -0.2) is 25.7 Å². The lowest BCUT2D eigenvalue weighted by atomic mass is 10.0. The molecule has 0 saturated carbocycles. The molecule has 1 saturated heterocycles. The fraction of sp³-hybridized carbons (Fsp3) is 0.467. The number of ether oxygens (including phenoxy) is 2. The van der Waals surface area contributed by atoms with Gasteiger partial charge < -0.3 is 9.47 Å². The lowest BCUT2D eigenvalue weighted by molar-refractivity contribution is 0.0491. The fourth-order valence-electron chi connectivity index (χ4n) is 1.95. The molecule has 0 atom stereocenters. The lowest BCUT2D eigenvalue weighted by Gasteiger charge is -2.22. The van der Waals surface area contributed by atoms with Crippen molar-refractivity contribution >= 4 is 11.6 Å². The number of hydrogen-bond acceptors (Lipinski definition) is 2. The number of benzene rings is 1. The Balaban J connectivity index is 1.98. The Morgan fingerprint density at radius 2 is 2.16 bits per heavy atom. The second-order valence-corrected chi connectivity index (χ2v) is 4.71. The van der Waals surface area contributed by atoms with E-state index in [2.05, 4.69) is 11.8 Å². The van der Waals surface area contributed by atoms with E-state index in [1.165, 1.54) is 6.07 Å². The molecule has 102 valence electrons. The largest absolute Gasteiger partial charge is 0.490 e. The molecule has 0 spiro atoms. The number of halogens is 2. The minimum atomic E-state index is -0.358. The van der Waals surface area contributed by atoms with E-state index >= 15 is 0 Å². The second-order valence-electron chi connectivity index (χ2n) is 4.45. The standard InChI is InChI=1S/C15H16ClFO2/c16-7-1-2-12-3-4-14(17)15(10-12)19-11-13-5-8-18-9-6-13/h3-4,10,13H,5-9,11H2. The molecule has 1 heterocycles. The molecule has 0 N–H and O–H groups in total. The van der Waals surface area contributed by atoms with Gasteiger partial charge in [0.25, 0.3) is 0 Å². The molecule has 1 aromatic carbocycles. The Hall–Kier alpha value is -1.24. The maximum absolute atomic E-state index is 13.6. The van der Waals surface area contributed by atoms with Gasteiger partial charge in [0.15, 0.2) is 11.6 Å². The van der Waals surface area contributed by atoms with E-state index in [0.29, 0.717) is 18.1 Å². The third kappa shape index (κ3) is 4.41. The predicted octanol–water partition coefficient (Wildman–Crippen LogP) is 3.22. The van der Waals surface area contributed by atoms with E-state index in [4.69, 9.17) is 21.1 Å². The first-order valence-electron chi connectivity index (χ1n) is 6.34. The van der Waals surface area contributed by atoms with Crippen molar-refractivity contribution in [3.63, 3.8) is 0 Å². The first-order chi connectivity index (χ1) is 9.29. The molecular formula is C15H16ClFO2. The maximum Gasteiger partial charge on any atom is 0.165 e. The highest BCUT2D eigenvalue weighted by atomic mass is 35.5. The quantitative estimate of drug-likeness (QED) is 0.626. The molecule has 1 fully saturated rings. The zero-order valence-electron chi connectivity index (χ0n) is 10.6. The molecule has 2 rings (SSSR count). The molecule has 0 aliphatic carbocycles. The van der Waals surface area contributed by atoms with Crippen LogP contribution in [0.5, 0.6) is 5.75 Å². The van der Waals surface area contributed by atoms with Crippen LogP contribution in [0.2, 0.25) is 0 Å². The van der Waals surface area contributed by atoms with E-state index in [0.717, 1.165) is 26.1 Å². The van der Waals surface area contributed by atoms with Gasteiger partial charge in [-0.05, 0) is 37.0 Å². The zero-order chi connectivity index (χ0) is 13.5. The van der Waals surface area contributed by atoms with Crippen molar-refractivity contribution < 1.29 is 13.9 Å². The van der Waals surface area contributed by atoms with Gasteiger partial charge in [-0.2, -0.15) is 0 Å². The summed E-state index contributed by atoms with van der Waals surface area (Å²) in [7, 11) is 0. The van der Waals surface area contributed by atoms with Crippen molar-refractivity contribution in [2.24, 2.45) is 5.92 Å². The molecule has 1 aliphatic heterocycles. The minimum absolute atomic E-state index is 0.257. The summed E-state index contributed by atoms with van der Waals surface area (Å²) in [6, 6.07) is 4.61. The summed E-state index contributed by atoms with van der Waals surface area (Å²) in [5.74, 6) is 6.18. The number of rotatable bonds is 3. The molecule has 0 amide bonds. The zero-order valence-corrected chi connectivity index (χ0v) is 11.4. The van der Waals surface area contributed by atoms with E-state index in [9.17, 15) is 4.39 Å². The molecule has 1 aromatic rings. The Morgan fingerprint density at radius 3 is 2.89 bits per heavy atom. The van der Waals surface area contributed by atoms with Crippen LogP contribution < -0.4 is 4.74 Å². The molecule has 19 heavy (non-hydrogen) atoms. The fourth-order valence-corrected chi connectivity index (χ4v) is 2.01. The van der Waals surface area contributed by atoms with Gasteiger partial charge in [-0.25, -0.2) is 4.39 Å². The SMILES string of the molecule is Fc1ccc(C#CCCl)cc1OCC1CCOCC1. The highest BCUT2D eigenvalue weighted by molar-refractivity contribution is 6.19. The van der Waals surface area contributed by atoms with Gasteiger partial charge in [-0.1, -0.05) is 11.8 Å². The predicted molar refractivity (Wildman–Crippen MR) is 73.0 cm³/mol. The summed E-state index contributed by atoms with van der Waals surface area (Å²) in [6.45, 7) is 2.04. The van der Waals surface area contributed by atoms with E-state index < -0.39 is 0 Å². The Bertz CT molecular complexity index is 473. The van der Waals surface area contributed by atoms with Crippen molar-refractivity contribution in [1.82, 2.24) is 0 Å². The Kier molecular flexibility index (Phi) is 5.50. The van der Waals surface area contributed by atoms with Crippen molar-refractivity contribution in [2.75, 3.05) is 25.7 Å². The van der Waals surface area contributed by atoms with Gasteiger partial charge in [0.05, 0.1) is 12.5 Å². The third-order valence-corrected chi connectivity index (χ3v) is 3.18. The monoisotopic (exact) mass is 282 g/mol. The van der Waals surface area contributed by atoms with Crippen LogP contribution in [0.4, 0.5) is 4.39 Å². The van der Waals surface area contributed by atoms with Crippen LogP contribution >= 0.6 is 11.6 Å². The normalized spacial score (nSPS) is 15.7. The van der Waals surface area contributed by atoms with Crippen molar-refractivity contribution in [2.45, 2.75) is 12.8 Å². The van der Waals surface area contributed by atoms with Crippen molar-refractivity contribution in [1.29, 1.82) is 0 Å². The lowest BCUT2D eigenvalue weighted by Crippen LogP contribution is -2.21. The maximum atomic E-state index is 13.6. The van der Waals surface area contributed by atoms with Gasteiger partial charge >= 0.3 is 0 Å². The highest BCUT2D eigenvalue weighted by Crippen LogP contribution is 2.21. The number of alkyl halides is 1. The molecule has 0 aromatic heterocycles. The van der Waals surface area contributed by atoms with E-state index in [1.807, 2.05) is 0 Å². The summed E-state index contributed by atoms with van der Waals surface area (Å²) in [6.07, 6.45) is 1.93. The van der Waals surface area contributed by atoms with Crippen LogP contribution in [0.1, 0.15) is 18.4 Å². The molecule has 1 aliphatic rings. The van der Waals surface area contributed by atoms with Crippen LogP contribution in [0.25, 0.3) is 0 Å². The molecule has 0 bridgehead atoms. The summed E-state index contributed by atoms with van der Waals surface area (Å²) in [5.41, 5.74) is 0.712. The van der Waals surface area contributed by atoms with Gasteiger partial charge in [0.2, 0.25) is 0 Å². The summed E-state index contributed by atoms with van der Waals surface area (Å²) in [5, 5.41) is 0. The summed E-state index contributed by atoms with van der Waals surface area (Å²) in [4.78, 5) is 0. The Morgan fingerprint density at radius 1 is 1.37 bits per heavy atom. The van der Waals surface area contributed by atoms with E-state index in [-0.39, 0.29) is 17.4 Å².